The Labute approximate surface area is 362 Å². The van der Waals surface area contributed by atoms with Crippen LogP contribution in [0.4, 0.5) is 0 Å². The van der Waals surface area contributed by atoms with E-state index in [0.717, 1.165) is 77.1 Å². The molecule has 0 unspecified atom stereocenters. The van der Waals surface area contributed by atoms with E-state index in [0.29, 0.717) is 17.6 Å². The van der Waals surface area contributed by atoms with Gasteiger partial charge < -0.3 is 9.13 Å². The molecule has 294 valence electrons. The molecule has 0 radical (unpaired) electrons. The molecule has 0 aliphatic carbocycles. The van der Waals surface area contributed by atoms with Gasteiger partial charge in [-0.15, -0.1) is 0 Å². The van der Waals surface area contributed by atoms with E-state index in [1.54, 1.807) is 0 Å². The first-order chi connectivity index (χ1) is 31.3. The van der Waals surface area contributed by atoms with Gasteiger partial charge in [0, 0.05) is 49.1 Å². The molecule has 6 nitrogen and oxygen atoms in total. The highest BCUT2D eigenvalue weighted by atomic mass is 15.2. The lowest BCUT2D eigenvalue weighted by Crippen LogP contribution is -2.08. The van der Waals surface area contributed by atoms with Crippen molar-refractivity contribution in [2.75, 3.05) is 0 Å². The summed E-state index contributed by atoms with van der Waals surface area (Å²) < 4.78 is 6.90. The molecule has 0 N–H and O–H groups in total. The molecular formula is C57H36N6. The standard InChI is InChI=1S/C57H36N6/c1-3-18-37(19-4-1)38-34-35-52-46(36-38)42-24-9-12-28-47(42)62(52)51-32-16-11-26-44(51)55-58-56(60-57(59-55)63-48-29-13-7-22-40(48)41-23-8-14-30-49(41)63)45-27-17-33-53-54(45)43-25-10-15-31-50(43)61(53)39-20-5-2-6-21-39/h1-36H. The van der Waals surface area contributed by atoms with Gasteiger partial charge in [0.2, 0.25) is 5.95 Å². The maximum absolute atomic E-state index is 5.51. The minimum atomic E-state index is 0.556. The van der Waals surface area contributed by atoms with Crippen molar-refractivity contribution in [1.29, 1.82) is 0 Å². The van der Waals surface area contributed by atoms with Crippen molar-refractivity contribution in [3.8, 4) is 51.2 Å². The first-order valence-electron chi connectivity index (χ1n) is 21.3. The van der Waals surface area contributed by atoms with E-state index >= 15 is 0 Å². The Hall–Kier alpha value is -8.61. The lowest BCUT2D eigenvalue weighted by Gasteiger charge is -2.15. The van der Waals surface area contributed by atoms with E-state index in [-0.39, 0.29) is 0 Å². The van der Waals surface area contributed by atoms with Gasteiger partial charge in [0.25, 0.3) is 0 Å². The molecule has 0 fully saturated rings. The molecule has 13 aromatic rings. The maximum Gasteiger partial charge on any atom is 0.238 e. The molecule has 6 heteroatoms. The van der Waals surface area contributed by atoms with Gasteiger partial charge in [-0.1, -0.05) is 152 Å². The minimum absolute atomic E-state index is 0.556. The molecule has 0 saturated heterocycles. The molecule has 0 amide bonds. The van der Waals surface area contributed by atoms with Crippen molar-refractivity contribution in [2.45, 2.75) is 0 Å². The van der Waals surface area contributed by atoms with Crippen LogP contribution >= 0.6 is 0 Å². The number of rotatable bonds is 6. The average Bonchev–Trinajstić information content (AvgIpc) is 4.00. The van der Waals surface area contributed by atoms with Gasteiger partial charge in [-0.25, -0.2) is 4.98 Å². The van der Waals surface area contributed by atoms with Crippen LogP contribution in [0.1, 0.15) is 0 Å². The molecule has 63 heavy (non-hydrogen) atoms. The zero-order valence-electron chi connectivity index (χ0n) is 34.0. The Morgan fingerprint density at radius 2 is 0.778 bits per heavy atom. The van der Waals surface area contributed by atoms with Crippen LogP contribution in [0, 0.1) is 0 Å². The monoisotopic (exact) mass is 804 g/mol. The largest absolute Gasteiger partial charge is 0.309 e. The fraction of sp³-hybridized carbons (Fsp3) is 0. The molecule has 0 bridgehead atoms. The highest BCUT2D eigenvalue weighted by Gasteiger charge is 2.23. The fourth-order valence-electron chi connectivity index (χ4n) is 9.80. The number of aromatic nitrogens is 6. The van der Waals surface area contributed by atoms with E-state index in [4.69, 9.17) is 15.0 Å². The zero-order valence-corrected chi connectivity index (χ0v) is 34.0. The van der Waals surface area contributed by atoms with Gasteiger partial charge in [0.15, 0.2) is 11.6 Å². The molecule has 13 rings (SSSR count). The quantitative estimate of drug-likeness (QED) is 0.168. The predicted molar refractivity (Wildman–Crippen MR) is 259 cm³/mol. The van der Waals surface area contributed by atoms with Crippen molar-refractivity contribution < 1.29 is 0 Å². The van der Waals surface area contributed by atoms with Crippen LogP contribution in [0.15, 0.2) is 218 Å². The average molecular weight is 805 g/mol. The van der Waals surface area contributed by atoms with Gasteiger partial charge >= 0.3 is 0 Å². The number of nitrogens with zero attached hydrogens (tertiary/aromatic N) is 6. The molecule has 0 atom stereocenters. The molecule has 4 heterocycles. The third kappa shape index (κ3) is 5.41. The predicted octanol–water partition coefficient (Wildman–Crippen LogP) is 14.2. The van der Waals surface area contributed by atoms with Gasteiger partial charge in [0.05, 0.1) is 38.8 Å². The van der Waals surface area contributed by atoms with Gasteiger partial charge in [-0.3, -0.25) is 4.57 Å². The Morgan fingerprint density at radius 3 is 1.48 bits per heavy atom. The van der Waals surface area contributed by atoms with Crippen LogP contribution in [0.2, 0.25) is 0 Å². The van der Waals surface area contributed by atoms with Gasteiger partial charge in [-0.05, 0) is 77.9 Å². The summed E-state index contributed by atoms with van der Waals surface area (Å²) >= 11 is 0. The third-order valence-corrected chi connectivity index (χ3v) is 12.5. The maximum atomic E-state index is 5.51. The summed E-state index contributed by atoms with van der Waals surface area (Å²) in [5, 5.41) is 6.88. The Bertz CT molecular complexity index is 3860. The van der Waals surface area contributed by atoms with E-state index in [1.807, 2.05) is 0 Å². The number of hydrogen-bond acceptors (Lipinski definition) is 3. The van der Waals surface area contributed by atoms with Crippen LogP contribution in [0.5, 0.6) is 0 Å². The number of para-hydroxylation sites is 6. The van der Waals surface area contributed by atoms with E-state index in [1.165, 1.54) is 21.9 Å². The molecular weight excluding hydrogens is 769 g/mol. The van der Waals surface area contributed by atoms with Gasteiger partial charge in [-0.2, -0.15) is 9.97 Å². The van der Waals surface area contributed by atoms with Gasteiger partial charge in [0.1, 0.15) is 0 Å². The second-order valence-electron chi connectivity index (χ2n) is 16.0. The molecule has 4 aromatic heterocycles. The second-order valence-corrected chi connectivity index (χ2v) is 16.0. The summed E-state index contributed by atoms with van der Waals surface area (Å²) in [6.07, 6.45) is 0. The van der Waals surface area contributed by atoms with Crippen molar-refractivity contribution >= 4 is 65.4 Å². The summed E-state index contributed by atoms with van der Waals surface area (Å²) in [5.74, 6) is 1.74. The second kappa shape index (κ2) is 14.0. The van der Waals surface area contributed by atoms with Crippen LogP contribution in [0.25, 0.3) is 117 Å². The minimum Gasteiger partial charge on any atom is -0.309 e. The normalized spacial score (nSPS) is 11.8. The van der Waals surface area contributed by atoms with E-state index < -0.39 is 0 Å². The molecule has 0 spiro atoms. The lowest BCUT2D eigenvalue weighted by atomic mass is 10.0. The topological polar surface area (TPSA) is 53.5 Å². The smallest absolute Gasteiger partial charge is 0.238 e. The number of hydrogen-bond donors (Lipinski definition) is 0. The highest BCUT2D eigenvalue weighted by Crippen LogP contribution is 2.41. The summed E-state index contributed by atoms with van der Waals surface area (Å²) in [4.78, 5) is 16.4. The molecule has 9 aromatic carbocycles. The van der Waals surface area contributed by atoms with Crippen molar-refractivity contribution in [2.24, 2.45) is 0 Å². The Balaban J connectivity index is 1.11. The van der Waals surface area contributed by atoms with Crippen molar-refractivity contribution in [3.63, 3.8) is 0 Å². The Morgan fingerprint density at radius 1 is 0.286 bits per heavy atom. The fourth-order valence-corrected chi connectivity index (χ4v) is 9.80. The number of benzene rings is 9. The van der Waals surface area contributed by atoms with Crippen LogP contribution in [-0.2, 0) is 0 Å². The van der Waals surface area contributed by atoms with Crippen LogP contribution < -0.4 is 0 Å². The molecule has 0 aliphatic heterocycles. The lowest BCUT2D eigenvalue weighted by molar-refractivity contribution is 0.952. The first-order valence-corrected chi connectivity index (χ1v) is 21.3. The van der Waals surface area contributed by atoms with Crippen LogP contribution in [-0.4, -0.2) is 28.7 Å². The van der Waals surface area contributed by atoms with E-state index in [2.05, 4.69) is 232 Å². The Kier molecular flexibility index (Phi) is 7.80. The number of fused-ring (bicyclic) bond motifs is 9. The van der Waals surface area contributed by atoms with Crippen molar-refractivity contribution in [3.05, 3.63) is 218 Å². The third-order valence-electron chi connectivity index (χ3n) is 12.5. The SMILES string of the molecule is c1ccc(-c2ccc3c(c2)c2ccccc2n3-c2ccccc2-c2nc(-c3cccc4c3c3ccccc3n4-c3ccccc3)nc(-n3c4ccccc4c4ccccc43)n2)cc1. The summed E-state index contributed by atoms with van der Waals surface area (Å²) in [6.45, 7) is 0. The highest BCUT2D eigenvalue weighted by molar-refractivity contribution is 6.16. The summed E-state index contributed by atoms with van der Waals surface area (Å²) in [6, 6.07) is 77.2. The zero-order chi connectivity index (χ0) is 41.4. The summed E-state index contributed by atoms with van der Waals surface area (Å²) in [7, 11) is 0. The van der Waals surface area contributed by atoms with Crippen molar-refractivity contribution in [1.82, 2.24) is 28.7 Å². The first kappa shape index (κ1) is 35.2. The van der Waals surface area contributed by atoms with E-state index in [9.17, 15) is 0 Å². The summed E-state index contributed by atoms with van der Waals surface area (Å²) in [5.41, 5.74) is 12.8. The molecule has 0 saturated carbocycles. The molecule has 0 aliphatic rings. The van der Waals surface area contributed by atoms with Crippen LogP contribution in [0.3, 0.4) is 0 Å².